The highest BCUT2D eigenvalue weighted by molar-refractivity contribution is 6.30. The van der Waals surface area contributed by atoms with Gasteiger partial charge in [-0.15, -0.1) is 0 Å². The van der Waals surface area contributed by atoms with Crippen molar-refractivity contribution >= 4 is 23.4 Å². The zero-order valence-electron chi connectivity index (χ0n) is 21.2. The maximum absolute atomic E-state index is 13.8. The van der Waals surface area contributed by atoms with Gasteiger partial charge in [-0.05, 0) is 53.1 Å². The summed E-state index contributed by atoms with van der Waals surface area (Å²) >= 11 is 6.05. The first-order valence-corrected chi connectivity index (χ1v) is 12.8. The number of carbonyl (C=O) groups is 2. The van der Waals surface area contributed by atoms with Gasteiger partial charge in [-0.3, -0.25) is 14.6 Å². The number of aromatic nitrogens is 1. The fraction of sp³-hybridized carbons (Fsp3) is 0.194. The molecular weight excluding hydrogens is 498 g/mol. The third kappa shape index (κ3) is 7.67. The number of pyridine rings is 1. The first-order valence-electron chi connectivity index (χ1n) is 12.4. The number of carbonyl (C=O) groups excluding carboxylic acids is 2. The highest BCUT2D eigenvalue weighted by atomic mass is 35.5. The van der Waals surface area contributed by atoms with Gasteiger partial charge < -0.3 is 15.0 Å². The Morgan fingerprint density at radius 1 is 0.868 bits per heavy atom. The molecule has 0 aliphatic carbocycles. The summed E-state index contributed by atoms with van der Waals surface area (Å²) in [7, 11) is 1.61. The molecule has 0 radical (unpaired) electrons. The van der Waals surface area contributed by atoms with Crippen molar-refractivity contribution in [2.75, 3.05) is 7.11 Å². The number of hydrogen-bond donors (Lipinski definition) is 1. The summed E-state index contributed by atoms with van der Waals surface area (Å²) in [6.45, 7) is 0.539. The fourth-order valence-corrected chi connectivity index (χ4v) is 4.28. The lowest BCUT2D eigenvalue weighted by atomic mass is 10.0. The second-order valence-corrected chi connectivity index (χ2v) is 9.35. The lowest BCUT2D eigenvalue weighted by Crippen LogP contribution is -2.50. The number of hydrogen-bond acceptors (Lipinski definition) is 4. The lowest BCUT2D eigenvalue weighted by Gasteiger charge is -2.31. The molecule has 0 unspecified atom stereocenters. The van der Waals surface area contributed by atoms with E-state index >= 15 is 0 Å². The van der Waals surface area contributed by atoms with Crippen LogP contribution < -0.4 is 10.1 Å². The topological polar surface area (TPSA) is 71.5 Å². The Hall–Kier alpha value is -4.16. The van der Waals surface area contributed by atoms with E-state index in [0.717, 1.165) is 28.1 Å². The minimum Gasteiger partial charge on any atom is -0.497 e. The molecule has 2 amide bonds. The molecule has 194 valence electrons. The molecule has 0 aliphatic rings. The van der Waals surface area contributed by atoms with Gasteiger partial charge in [0, 0.05) is 24.2 Å². The second-order valence-electron chi connectivity index (χ2n) is 8.92. The Morgan fingerprint density at radius 3 is 2.21 bits per heavy atom. The molecule has 1 heterocycles. The Labute approximate surface area is 228 Å². The van der Waals surface area contributed by atoms with Crippen molar-refractivity contribution in [2.24, 2.45) is 0 Å². The minimum atomic E-state index is -0.733. The third-order valence-electron chi connectivity index (χ3n) is 6.22. The second kappa shape index (κ2) is 13.4. The molecular formula is C31H30ClN3O3. The van der Waals surface area contributed by atoms with Gasteiger partial charge in [0.15, 0.2) is 0 Å². The molecule has 0 fully saturated rings. The summed E-state index contributed by atoms with van der Waals surface area (Å²) in [4.78, 5) is 33.5. The summed E-state index contributed by atoms with van der Waals surface area (Å²) in [6.07, 6.45) is 2.21. The van der Waals surface area contributed by atoms with Gasteiger partial charge in [-0.25, -0.2) is 0 Å². The van der Waals surface area contributed by atoms with E-state index in [1.165, 1.54) is 0 Å². The lowest BCUT2D eigenvalue weighted by molar-refractivity contribution is -0.140. The van der Waals surface area contributed by atoms with Crippen LogP contribution in [0.4, 0.5) is 0 Å². The van der Waals surface area contributed by atoms with Gasteiger partial charge in [0.25, 0.3) is 0 Å². The van der Waals surface area contributed by atoms with Crippen LogP contribution in [0, 0.1) is 0 Å². The van der Waals surface area contributed by atoms with Crippen molar-refractivity contribution in [3.8, 4) is 5.75 Å². The molecule has 7 heteroatoms. The van der Waals surface area contributed by atoms with Crippen LogP contribution in [0.1, 0.15) is 22.4 Å². The van der Waals surface area contributed by atoms with Crippen LogP contribution in [0.25, 0.3) is 0 Å². The molecule has 0 bridgehead atoms. The number of methoxy groups -OCH3 is 1. The molecule has 1 aromatic heterocycles. The van der Waals surface area contributed by atoms with E-state index < -0.39 is 6.04 Å². The maximum Gasteiger partial charge on any atom is 0.243 e. The highest BCUT2D eigenvalue weighted by Gasteiger charge is 2.30. The van der Waals surface area contributed by atoms with Gasteiger partial charge >= 0.3 is 0 Å². The highest BCUT2D eigenvalue weighted by Crippen LogP contribution is 2.19. The Morgan fingerprint density at radius 2 is 1.55 bits per heavy atom. The molecule has 0 saturated heterocycles. The SMILES string of the molecule is COc1ccc(CN(C(=O)Cc2ccc(Cl)cc2)[C@H](Cc2ccccc2)C(=O)NCc2ccccn2)cc1. The number of nitrogens with zero attached hydrogens (tertiary/aromatic N) is 2. The molecule has 4 aromatic rings. The predicted molar refractivity (Wildman–Crippen MR) is 149 cm³/mol. The maximum atomic E-state index is 13.8. The van der Waals surface area contributed by atoms with Crippen molar-refractivity contribution < 1.29 is 14.3 Å². The van der Waals surface area contributed by atoms with Crippen molar-refractivity contribution in [1.82, 2.24) is 15.2 Å². The molecule has 0 saturated carbocycles. The van der Waals surface area contributed by atoms with Gasteiger partial charge in [-0.1, -0.05) is 72.3 Å². The standard InChI is InChI=1S/C31H30ClN3O3/c1-38-28-16-12-25(13-17-28)22-35(30(36)20-24-10-14-26(32)15-11-24)29(19-23-7-3-2-4-8-23)31(37)34-21-27-9-5-6-18-33-27/h2-18,29H,19-22H2,1H3,(H,34,37)/t29-/m1/s1. The van der Waals surface area contributed by atoms with Crippen molar-refractivity contribution in [1.29, 1.82) is 0 Å². The van der Waals surface area contributed by atoms with Crippen molar-refractivity contribution in [3.05, 3.63) is 131 Å². The molecule has 6 nitrogen and oxygen atoms in total. The smallest absolute Gasteiger partial charge is 0.243 e. The van der Waals surface area contributed by atoms with Crippen LogP contribution in [0.5, 0.6) is 5.75 Å². The number of nitrogens with one attached hydrogen (secondary N) is 1. The molecule has 1 atom stereocenters. The van der Waals surface area contributed by atoms with E-state index in [-0.39, 0.29) is 31.3 Å². The quantitative estimate of drug-likeness (QED) is 0.289. The third-order valence-corrected chi connectivity index (χ3v) is 6.47. The van der Waals surface area contributed by atoms with Gasteiger partial charge in [0.2, 0.25) is 11.8 Å². The monoisotopic (exact) mass is 527 g/mol. The number of halogens is 1. The van der Waals surface area contributed by atoms with Crippen molar-refractivity contribution in [2.45, 2.75) is 32.0 Å². The normalized spacial score (nSPS) is 11.4. The summed E-state index contributed by atoms with van der Waals surface area (Å²) in [5, 5.41) is 3.60. The number of amides is 2. The van der Waals surface area contributed by atoms with Gasteiger partial charge in [0.05, 0.1) is 25.8 Å². The Balaban J connectivity index is 1.64. The zero-order valence-corrected chi connectivity index (χ0v) is 22.0. The van der Waals surface area contributed by atoms with Gasteiger partial charge in [0.1, 0.15) is 11.8 Å². The van der Waals surface area contributed by atoms with Gasteiger partial charge in [-0.2, -0.15) is 0 Å². The fourth-order valence-electron chi connectivity index (χ4n) is 4.16. The number of ether oxygens (including phenoxy) is 1. The molecule has 4 rings (SSSR count). The zero-order chi connectivity index (χ0) is 26.7. The van der Waals surface area contributed by atoms with E-state index in [9.17, 15) is 9.59 Å². The first-order chi connectivity index (χ1) is 18.5. The van der Waals surface area contributed by atoms with E-state index in [4.69, 9.17) is 16.3 Å². The molecule has 38 heavy (non-hydrogen) atoms. The summed E-state index contributed by atoms with van der Waals surface area (Å²) < 4.78 is 5.29. The predicted octanol–water partition coefficient (Wildman–Crippen LogP) is 5.24. The van der Waals surface area contributed by atoms with Crippen LogP contribution in [0.3, 0.4) is 0 Å². The van der Waals surface area contributed by atoms with Crippen LogP contribution >= 0.6 is 11.6 Å². The average Bonchev–Trinajstić information content (AvgIpc) is 2.96. The molecule has 1 N–H and O–H groups in total. The molecule has 3 aromatic carbocycles. The van der Waals surface area contributed by atoms with E-state index in [0.29, 0.717) is 11.4 Å². The minimum absolute atomic E-state index is 0.145. The van der Waals surface area contributed by atoms with Crippen LogP contribution in [-0.2, 0) is 35.5 Å². The first kappa shape index (κ1) is 26.9. The Bertz CT molecular complexity index is 1310. The van der Waals surface area contributed by atoms with Crippen LogP contribution in [0.2, 0.25) is 5.02 Å². The Kier molecular flexibility index (Phi) is 9.48. The van der Waals surface area contributed by atoms with E-state index in [1.54, 1.807) is 30.3 Å². The largest absolute Gasteiger partial charge is 0.497 e. The van der Waals surface area contributed by atoms with Crippen molar-refractivity contribution in [3.63, 3.8) is 0 Å². The molecule has 0 spiro atoms. The van der Waals surface area contributed by atoms with Crippen LogP contribution in [-0.4, -0.2) is 34.8 Å². The average molecular weight is 528 g/mol. The molecule has 0 aliphatic heterocycles. The summed E-state index contributed by atoms with van der Waals surface area (Å²) in [6, 6.07) is 29.3. The summed E-state index contributed by atoms with van der Waals surface area (Å²) in [5.74, 6) is 0.330. The summed E-state index contributed by atoms with van der Waals surface area (Å²) in [5.41, 5.74) is 3.43. The number of benzene rings is 3. The number of rotatable bonds is 11. The van der Waals surface area contributed by atoms with E-state index in [1.807, 2.05) is 84.9 Å². The van der Waals surface area contributed by atoms with E-state index in [2.05, 4.69) is 10.3 Å². The van der Waals surface area contributed by atoms with Crippen LogP contribution in [0.15, 0.2) is 103 Å².